The van der Waals surface area contributed by atoms with E-state index in [0.29, 0.717) is 27.3 Å². The lowest BCUT2D eigenvalue weighted by Crippen LogP contribution is -2.20. The van der Waals surface area contributed by atoms with E-state index in [1.54, 1.807) is 12.1 Å². The van der Waals surface area contributed by atoms with Gasteiger partial charge in [-0.05, 0) is 39.1 Å². The molecule has 0 radical (unpaired) electrons. The zero-order valence-electron chi connectivity index (χ0n) is 18.3. The third-order valence-electron chi connectivity index (χ3n) is 4.27. The van der Waals surface area contributed by atoms with Crippen LogP contribution in [0, 0.1) is 0 Å². The van der Waals surface area contributed by atoms with Crippen LogP contribution in [0.2, 0.25) is 0 Å². The first-order valence-corrected chi connectivity index (χ1v) is 11.0. The predicted octanol–water partition coefficient (Wildman–Crippen LogP) is 4.35. The second-order valence-electron chi connectivity index (χ2n) is 7.07. The molecule has 33 heavy (non-hydrogen) atoms. The van der Waals surface area contributed by atoms with E-state index in [-0.39, 0.29) is 23.4 Å². The minimum atomic E-state index is -4.53. The van der Waals surface area contributed by atoms with E-state index in [4.69, 9.17) is 14.2 Å². The summed E-state index contributed by atoms with van der Waals surface area (Å²) in [7, 11) is 1.44. The Bertz CT molecular complexity index is 1160. The maximum atomic E-state index is 12.8. The fourth-order valence-electron chi connectivity index (χ4n) is 2.94. The molecule has 0 amide bonds. The van der Waals surface area contributed by atoms with Crippen molar-refractivity contribution in [1.29, 1.82) is 0 Å². The van der Waals surface area contributed by atoms with Crippen LogP contribution in [0.25, 0.3) is 10.9 Å². The van der Waals surface area contributed by atoms with Crippen LogP contribution in [0.3, 0.4) is 0 Å². The quantitative estimate of drug-likeness (QED) is 0.466. The summed E-state index contributed by atoms with van der Waals surface area (Å²) in [6.07, 6.45) is -3.41. The van der Waals surface area contributed by atoms with Crippen LogP contribution in [0.5, 0.6) is 17.2 Å². The van der Waals surface area contributed by atoms with Gasteiger partial charge in [0.25, 0.3) is 0 Å². The molecule has 12 heteroatoms. The maximum Gasteiger partial charge on any atom is 0.422 e. The molecule has 0 spiro atoms. The Morgan fingerprint density at radius 2 is 1.88 bits per heavy atom. The number of hydrogen-bond donors (Lipinski definition) is 2. The molecule has 1 aromatic heterocycles. The highest BCUT2D eigenvalue weighted by atomic mass is 32.2. The van der Waals surface area contributed by atoms with Crippen molar-refractivity contribution in [3.8, 4) is 17.2 Å². The number of halogens is 3. The highest BCUT2D eigenvalue weighted by molar-refractivity contribution is 7.83. The van der Waals surface area contributed by atoms with Crippen molar-refractivity contribution in [2.24, 2.45) is 0 Å². The largest absolute Gasteiger partial charge is 0.497 e. The van der Waals surface area contributed by atoms with E-state index in [0.717, 1.165) is 0 Å². The Hall–Kier alpha value is -3.12. The van der Waals surface area contributed by atoms with Crippen molar-refractivity contribution in [2.75, 3.05) is 26.1 Å². The van der Waals surface area contributed by atoms with E-state index in [2.05, 4.69) is 20.0 Å². The molecule has 0 saturated carbocycles. The average molecular weight is 485 g/mol. The maximum absolute atomic E-state index is 12.8. The fraction of sp³-hybridized carbons (Fsp3) is 0.333. The molecule has 3 aromatic rings. The van der Waals surface area contributed by atoms with Crippen LogP contribution < -0.4 is 24.2 Å². The number of rotatable bonds is 9. The van der Waals surface area contributed by atoms with Crippen molar-refractivity contribution in [2.45, 2.75) is 31.0 Å². The zero-order valence-corrected chi connectivity index (χ0v) is 19.1. The number of benzene rings is 2. The summed E-state index contributed by atoms with van der Waals surface area (Å²) < 4.78 is 69.3. The van der Waals surface area contributed by atoms with Gasteiger partial charge < -0.3 is 19.5 Å². The van der Waals surface area contributed by atoms with Crippen LogP contribution in [0.15, 0.2) is 41.6 Å². The van der Waals surface area contributed by atoms with Gasteiger partial charge in [0.15, 0.2) is 6.61 Å². The topological polar surface area (TPSA) is 94.6 Å². The van der Waals surface area contributed by atoms with E-state index < -0.39 is 23.8 Å². The lowest BCUT2D eigenvalue weighted by Gasteiger charge is -2.18. The summed E-state index contributed by atoms with van der Waals surface area (Å²) in [5, 5.41) is 3.49. The van der Waals surface area contributed by atoms with Gasteiger partial charge in [-0.15, -0.1) is 0 Å². The average Bonchev–Trinajstić information content (AvgIpc) is 2.76. The summed E-state index contributed by atoms with van der Waals surface area (Å²) in [5.41, 5.74) is 0.641. The highest BCUT2D eigenvalue weighted by Crippen LogP contribution is 2.38. The Kier molecular flexibility index (Phi) is 7.59. The molecule has 178 valence electrons. The van der Waals surface area contributed by atoms with Crippen molar-refractivity contribution in [3.63, 3.8) is 0 Å². The van der Waals surface area contributed by atoms with E-state index in [9.17, 15) is 17.4 Å². The van der Waals surface area contributed by atoms with Gasteiger partial charge >= 0.3 is 6.18 Å². The minimum Gasteiger partial charge on any atom is -0.497 e. The molecular formula is C21H23F3N4O4S. The van der Waals surface area contributed by atoms with Crippen LogP contribution in [0.1, 0.15) is 13.8 Å². The molecule has 0 bridgehead atoms. The third-order valence-corrected chi connectivity index (χ3v) is 5.32. The number of alkyl halides is 3. The molecule has 2 N–H and O–H groups in total. The highest BCUT2D eigenvalue weighted by Gasteiger charge is 2.29. The van der Waals surface area contributed by atoms with Gasteiger partial charge in [-0.3, -0.25) is 0 Å². The number of nitrogens with one attached hydrogen (secondary N) is 2. The Labute approximate surface area is 191 Å². The molecule has 0 aliphatic heterocycles. The standard InChI is InChI=1S/C21H23F3N4O4S/c1-12(2)32-18-8-13(30-4)7-16-19(18)20(27-11-26-16)28-15-9-14(33(29)25-3)5-6-17(15)31-10-21(22,23)24/h5-9,11-12,25H,10H2,1-4H3,(H,26,27,28). The Balaban J connectivity index is 2.12. The lowest BCUT2D eigenvalue weighted by molar-refractivity contribution is -0.153. The molecule has 0 saturated heterocycles. The van der Waals surface area contributed by atoms with Gasteiger partial charge in [-0.25, -0.2) is 18.9 Å². The first-order valence-electron chi connectivity index (χ1n) is 9.80. The normalized spacial score (nSPS) is 12.6. The van der Waals surface area contributed by atoms with Gasteiger partial charge in [0.05, 0.1) is 34.7 Å². The predicted molar refractivity (Wildman–Crippen MR) is 119 cm³/mol. The van der Waals surface area contributed by atoms with Crippen molar-refractivity contribution in [3.05, 3.63) is 36.7 Å². The fourth-order valence-corrected chi connectivity index (χ4v) is 3.59. The SMILES string of the molecule is CNS(=O)c1ccc(OCC(F)(F)F)c(Nc2ncnc3cc(OC)cc(OC(C)C)c23)c1. The molecular weight excluding hydrogens is 461 g/mol. The van der Waals surface area contributed by atoms with Crippen LogP contribution in [0.4, 0.5) is 24.7 Å². The van der Waals surface area contributed by atoms with Crippen LogP contribution in [-0.2, 0) is 11.0 Å². The molecule has 3 rings (SSSR count). The first-order chi connectivity index (χ1) is 15.6. The van der Waals surface area contributed by atoms with Crippen LogP contribution in [-0.4, -0.2) is 47.2 Å². The van der Waals surface area contributed by atoms with Gasteiger partial charge in [0, 0.05) is 12.1 Å². The first kappa shape index (κ1) is 24.5. The Morgan fingerprint density at radius 1 is 1.12 bits per heavy atom. The Morgan fingerprint density at radius 3 is 2.52 bits per heavy atom. The van der Waals surface area contributed by atoms with E-state index in [1.165, 1.54) is 38.7 Å². The van der Waals surface area contributed by atoms with Gasteiger partial charge in [-0.2, -0.15) is 13.2 Å². The number of methoxy groups -OCH3 is 1. The lowest BCUT2D eigenvalue weighted by atomic mass is 10.2. The number of fused-ring (bicyclic) bond motifs is 1. The zero-order chi connectivity index (χ0) is 24.2. The summed E-state index contributed by atoms with van der Waals surface area (Å²) in [4.78, 5) is 8.85. The number of aromatic nitrogens is 2. The summed E-state index contributed by atoms with van der Waals surface area (Å²) in [5.74, 6) is 1.12. The van der Waals surface area contributed by atoms with Gasteiger partial charge in [0.1, 0.15) is 40.4 Å². The van der Waals surface area contributed by atoms with Crippen molar-refractivity contribution < 1.29 is 31.6 Å². The molecule has 0 aliphatic rings. The third kappa shape index (κ3) is 6.23. The molecule has 1 unspecified atom stereocenters. The molecule has 2 aromatic carbocycles. The molecule has 1 atom stereocenters. The smallest absolute Gasteiger partial charge is 0.422 e. The molecule has 1 heterocycles. The van der Waals surface area contributed by atoms with E-state index in [1.807, 2.05) is 13.8 Å². The van der Waals surface area contributed by atoms with Crippen LogP contribution >= 0.6 is 0 Å². The van der Waals surface area contributed by atoms with Gasteiger partial charge in [-0.1, -0.05) is 0 Å². The summed E-state index contributed by atoms with van der Waals surface area (Å²) in [6, 6.07) is 7.52. The van der Waals surface area contributed by atoms with Gasteiger partial charge in [0.2, 0.25) is 0 Å². The number of anilines is 2. The molecule has 8 nitrogen and oxygen atoms in total. The summed E-state index contributed by atoms with van der Waals surface area (Å²) in [6.45, 7) is 2.21. The monoisotopic (exact) mass is 484 g/mol. The number of nitrogens with zero attached hydrogens (tertiary/aromatic N) is 2. The van der Waals surface area contributed by atoms with E-state index >= 15 is 0 Å². The number of ether oxygens (including phenoxy) is 3. The second kappa shape index (κ2) is 10.2. The molecule has 0 aliphatic carbocycles. The number of hydrogen-bond acceptors (Lipinski definition) is 7. The molecule has 0 fully saturated rings. The van der Waals surface area contributed by atoms with Crippen molar-refractivity contribution >= 4 is 33.4 Å². The van der Waals surface area contributed by atoms with Crippen molar-refractivity contribution in [1.82, 2.24) is 14.7 Å². The second-order valence-corrected chi connectivity index (χ2v) is 8.49. The summed E-state index contributed by atoms with van der Waals surface area (Å²) >= 11 is 0. The minimum absolute atomic E-state index is 0.0872.